The number of amides is 1. The summed E-state index contributed by atoms with van der Waals surface area (Å²) in [6.45, 7) is 0.967. The number of hydrogen-bond acceptors (Lipinski definition) is 6. The number of nitrogens with one attached hydrogen (secondary N) is 1. The molecule has 2 N–H and O–H groups in total. The van der Waals surface area contributed by atoms with Crippen LogP contribution in [0.4, 0.5) is 5.82 Å². The zero-order valence-corrected chi connectivity index (χ0v) is 10.6. The number of aromatic nitrogens is 2. The smallest absolute Gasteiger partial charge is 0.274 e. The highest BCUT2D eigenvalue weighted by molar-refractivity contribution is 5.92. The quantitative estimate of drug-likeness (QED) is 0.688. The average molecular weight is 254 g/mol. The van der Waals surface area contributed by atoms with Gasteiger partial charge in [0.15, 0.2) is 5.69 Å². The van der Waals surface area contributed by atoms with Crippen molar-refractivity contribution in [3.63, 3.8) is 0 Å². The minimum Gasteiger partial charge on any atom is -0.395 e. The van der Waals surface area contributed by atoms with Crippen LogP contribution in [0, 0.1) is 0 Å². The Labute approximate surface area is 106 Å². The van der Waals surface area contributed by atoms with Crippen LogP contribution >= 0.6 is 0 Å². The van der Waals surface area contributed by atoms with E-state index in [0.29, 0.717) is 19.0 Å². The van der Waals surface area contributed by atoms with Gasteiger partial charge in [0.25, 0.3) is 5.91 Å². The number of ether oxygens (including phenoxy) is 1. The molecule has 0 bridgehead atoms. The SMILES string of the molecule is CNc1ccc(C(=O)N(CCO)CCOC)nn1. The lowest BCUT2D eigenvalue weighted by Gasteiger charge is -2.20. The van der Waals surface area contributed by atoms with Crippen molar-refractivity contribution in [3.05, 3.63) is 17.8 Å². The van der Waals surface area contributed by atoms with Gasteiger partial charge in [-0.15, -0.1) is 10.2 Å². The van der Waals surface area contributed by atoms with Crippen LogP contribution in [0.2, 0.25) is 0 Å². The van der Waals surface area contributed by atoms with Crippen molar-refractivity contribution in [2.45, 2.75) is 0 Å². The molecular formula is C11H18N4O3. The second kappa shape index (κ2) is 7.57. The van der Waals surface area contributed by atoms with Crippen molar-refractivity contribution < 1.29 is 14.6 Å². The maximum Gasteiger partial charge on any atom is 0.274 e. The Balaban J connectivity index is 2.73. The van der Waals surface area contributed by atoms with Crippen LogP contribution in [0.5, 0.6) is 0 Å². The zero-order valence-electron chi connectivity index (χ0n) is 10.6. The second-order valence-electron chi connectivity index (χ2n) is 3.56. The first-order chi connectivity index (χ1) is 8.72. The predicted molar refractivity (Wildman–Crippen MR) is 66.4 cm³/mol. The Kier molecular flexibility index (Phi) is 6.03. The van der Waals surface area contributed by atoms with Gasteiger partial charge in [-0.05, 0) is 12.1 Å². The Hall–Kier alpha value is -1.73. The van der Waals surface area contributed by atoms with Gasteiger partial charge < -0.3 is 20.1 Å². The number of anilines is 1. The van der Waals surface area contributed by atoms with E-state index >= 15 is 0 Å². The number of carbonyl (C=O) groups is 1. The lowest BCUT2D eigenvalue weighted by Crippen LogP contribution is -2.36. The molecule has 0 unspecified atom stereocenters. The van der Waals surface area contributed by atoms with Gasteiger partial charge in [-0.1, -0.05) is 0 Å². The summed E-state index contributed by atoms with van der Waals surface area (Å²) in [5, 5.41) is 19.4. The van der Waals surface area contributed by atoms with Gasteiger partial charge in [0.2, 0.25) is 0 Å². The molecule has 0 aliphatic heterocycles. The van der Waals surface area contributed by atoms with Crippen LogP contribution in [0.1, 0.15) is 10.5 Å². The molecule has 1 rings (SSSR count). The van der Waals surface area contributed by atoms with Crippen molar-refractivity contribution in [2.75, 3.05) is 45.8 Å². The van der Waals surface area contributed by atoms with Crippen molar-refractivity contribution >= 4 is 11.7 Å². The summed E-state index contributed by atoms with van der Waals surface area (Å²) in [5.41, 5.74) is 0.249. The van der Waals surface area contributed by atoms with E-state index in [0.717, 1.165) is 0 Å². The summed E-state index contributed by atoms with van der Waals surface area (Å²) >= 11 is 0. The first kappa shape index (κ1) is 14.3. The highest BCUT2D eigenvalue weighted by Gasteiger charge is 2.16. The highest BCUT2D eigenvalue weighted by atomic mass is 16.5. The molecule has 1 amide bonds. The molecule has 0 saturated carbocycles. The van der Waals surface area contributed by atoms with Crippen LogP contribution in [-0.4, -0.2) is 66.6 Å². The third-order valence-electron chi connectivity index (χ3n) is 2.36. The third-order valence-corrected chi connectivity index (χ3v) is 2.36. The van der Waals surface area contributed by atoms with E-state index in [9.17, 15) is 4.79 Å². The molecule has 0 spiro atoms. The lowest BCUT2D eigenvalue weighted by molar-refractivity contribution is 0.0649. The number of nitrogens with zero attached hydrogens (tertiary/aromatic N) is 3. The first-order valence-electron chi connectivity index (χ1n) is 5.63. The van der Waals surface area contributed by atoms with E-state index in [1.54, 1.807) is 26.3 Å². The molecule has 0 saturated heterocycles. The van der Waals surface area contributed by atoms with Crippen LogP contribution in [0.3, 0.4) is 0 Å². The van der Waals surface area contributed by atoms with E-state index in [2.05, 4.69) is 15.5 Å². The van der Waals surface area contributed by atoms with Crippen LogP contribution in [0.25, 0.3) is 0 Å². The van der Waals surface area contributed by atoms with Crippen molar-refractivity contribution in [3.8, 4) is 0 Å². The van der Waals surface area contributed by atoms with Gasteiger partial charge in [0, 0.05) is 27.2 Å². The number of aliphatic hydroxyl groups is 1. The monoisotopic (exact) mass is 254 g/mol. The average Bonchev–Trinajstić information content (AvgIpc) is 2.43. The molecule has 100 valence electrons. The molecule has 0 atom stereocenters. The van der Waals surface area contributed by atoms with Crippen molar-refractivity contribution in [2.24, 2.45) is 0 Å². The van der Waals surface area contributed by atoms with Gasteiger partial charge >= 0.3 is 0 Å². The van der Waals surface area contributed by atoms with Gasteiger partial charge in [-0.3, -0.25) is 4.79 Å². The molecule has 0 aliphatic rings. The molecule has 0 aromatic carbocycles. The standard InChI is InChI=1S/C11H18N4O3/c1-12-10-4-3-9(13-14-10)11(17)15(5-7-16)6-8-18-2/h3-4,16H,5-8H2,1-2H3,(H,12,14). The zero-order chi connectivity index (χ0) is 13.4. The number of carbonyl (C=O) groups excluding carboxylic acids is 1. The van der Waals surface area contributed by atoms with Gasteiger partial charge in [0.1, 0.15) is 5.82 Å². The number of methoxy groups -OCH3 is 1. The molecule has 1 aromatic rings. The number of rotatable bonds is 7. The fraction of sp³-hybridized carbons (Fsp3) is 0.545. The maximum absolute atomic E-state index is 12.1. The Morgan fingerprint density at radius 1 is 1.44 bits per heavy atom. The van der Waals surface area contributed by atoms with Gasteiger partial charge in [-0.2, -0.15) is 0 Å². The summed E-state index contributed by atoms with van der Waals surface area (Å²) in [6.07, 6.45) is 0. The fourth-order valence-corrected chi connectivity index (χ4v) is 1.38. The van der Waals surface area contributed by atoms with E-state index < -0.39 is 0 Å². The van der Waals surface area contributed by atoms with Crippen LogP contribution in [0.15, 0.2) is 12.1 Å². The van der Waals surface area contributed by atoms with E-state index in [4.69, 9.17) is 9.84 Å². The molecule has 7 nitrogen and oxygen atoms in total. The van der Waals surface area contributed by atoms with E-state index in [1.807, 2.05) is 0 Å². The predicted octanol–water partition coefficient (Wildman–Crippen LogP) is -0.401. The van der Waals surface area contributed by atoms with Crippen molar-refractivity contribution in [1.82, 2.24) is 15.1 Å². The minimum atomic E-state index is -0.267. The molecule has 18 heavy (non-hydrogen) atoms. The van der Waals surface area contributed by atoms with Crippen LogP contribution < -0.4 is 5.32 Å². The molecule has 0 radical (unpaired) electrons. The maximum atomic E-state index is 12.1. The van der Waals surface area contributed by atoms with Gasteiger partial charge in [0.05, 0.1) is 13.2 Å². The largest absolute Gasteiger partial charge is 0.395 e. The Bertz CT molecular complexity index is 369. The summed E-state index contributed by atoms with van der Waals surface area (Å²) in [6, 6.07) is 3.27. The Morgan fingerprint density at radius 2 is 2.22 bits per heavy atom. The minimum absolute atomic E-state index is 0.0997. The normalized spacial score (nSPS) is 10.2. The second-order valence-corrected chi connectivity index (χ2v) is 3.56. The lowest BCUT2D eigenvalue weighted by atomic mass is 10.3. The summed E-state index contributed by atoms with van der Waals surface area (Å²) in [7, 11) is 3.28. The molecule has 0 fully saturated rings. The fourth-order valence-electron chi connectivity index (χ4n) is 1.38. The molecular weight excluding hydrogens is 236 g/mol. The van der Waals surface area contributed by atoms with Crippen LogP contribution in [-0.2, 0) is 4.74 Å². The third kappa shape index (κ3) is 3.94. The van der Waals surface area contributed by atoms with E-state index in [1.165, 1.54) is 4.90 Å². The summed E-state index contributed by atoms with van der Waals surface area (Å²) in [5.74, 6) is 0.327. The van der Waals surface area contributed by atoms with E-state index in [-0.39, 0.29) is 24.8 Å². The summed E-state index contributed by atoms with van der Waals surface area (Å²) < 4.78 is 4.92. The highest BCUT2D eigenvalue weighted by Crippen LogP contribution is 2.04. The Morgan fingerprint density at radius 3 is 2.72 bits per heavy atom. The topological polar surface area (TPSA) is 87.6 Å². The molecule has 1 heterocycles. The number of hydrogen-bond donors (Lipinski definition) is 2. The van der Waals surface area contributed by atoms with Gasteiger partial charge in [-0.25, -0.2) is 0 Å². The number of aliphatic hydroxyl groups excluding tert-OH is 1. The molecule has 7 heteroatoms. The summed E-state index contributed by atoms with van der Waals surface area (Å²) in [4.78, 5) is 13.6. The molecule has 0 aliphatic carbocycles. The first-order valence-corrected chi connectivity index (χ1v) is 5.63. The van der Waals surface area contributed by atoms with Crippen molar-refractivity contribution in [1.29, 1.82) is 0 Å². The molecule has 1 aromatic heterocycles.